The average molecular weight is 310 g/mol. The van der Waals surface area contributed by atoms with E-state index in [0.717, 1.165) is 10.4 Å². The molecule has 0 unspecified atom stereocenters. The molecule has 6 heteroatoms. The van der Waals surface area contributed by atoms with Gasteiger partial charge >= 0.3 is 5.97 Å². The van der Waals surface area contributed by atoms with E-state index in [9.17, 15) is 9.59 Å². The van der Waals surface area contributed by atoms with Gasteiger partial charge in [0.25, 0.3) is 5.91 Å². The second-order valence-electron chi connectivity index (χ2n) is 4.30. The van der Waals surface area contributed by atoms with Gasteiger partial charge in [-0.2, -0.15) is 0 Å². The fraction of sp³-hybridized carbons (Fsp3) is 0.143. The first-order valence-corrected chi connectivity index (χ1v) is 6.99. The van der Waals surface area contributed by atoms with Crippen LogP contribution >= 0.6 is 22.9 Å². The van der Waals surface area contributed by atoms with Gasteiger partial charge in [-0.1, -0.05) is 11.6 Å². The lowest BCUT2D eigenvalue weighted by atomic mass is 10.2. The van der Waals surface area contributed by atoms with Gasteiger partial charge in [-0.05, 0) is 43.7 Å². The zero-order valence-electron chi connectivity index (χ0n) is 10.9. The second kappa shape index (κ2) is 5.64. The molecular formula is C14H12ClNO3S. The Morgan fingerprint density at radius 3 is 2.50 bits per heavy atom. The lowest BCUT2D eigenvalue weighted by Gasteiger charge is -2.07. The molecule has 2 aromatic rings. The minimum Gasteiger partial charge on any atom is -0.478 e. The largest absolute Gasteiger partial charge is 0.478 e. The quantitative estimate of drug-likeness (QED) is 0.901. The van der Waals surface area contributed by atoms with Crippen molar-refractivity contribution in [1.82, 2.24) is 0 Å². The number of aromatic carboxylic acids is 1. The van der Waals surface area contributed by atoms with Gasteiger partial charge in [-0.25, -0.2) is 4.79 Å². The van der Waals surface area contributed by atoms with Gasteiger partial charge in [0.05, 0.1) is 21.2 Å². The summed E-state index contributed by atoms with van der Waals surface area (Å²) in [5.41, 5.74) is 1.41. The smallest absolute Gasteiger partial charge is 0.335 e. The van der Waals surface area contributed by atoms with E-state index in [1.807, 2.05) is 13.8 Å². The van der Waals surface area contributed by atoms with E-state index >= 15 is 0 Å². The molecule has 0 bridgehead atoms. The van der Waals surface area contributed by atoms with E-state index in [4.69, 9.17) is 16.7 Å². The van der Waals surface area contributed by atoms with Crippen LogP contribution in [0.15, 0.2) is 24.3 Å². The van der Waals surface area contributed by atoms with Crippen LogP contribution in [0.5, 0.6) is 0 Å². The van der Waals surface area contributed by atoms with Crippen LogP contribution in [-0.2, 0) is 0 Å². The highest BCUT2D eigenvalue weighted by Crippen LogP contribution is 2.26. The number of nitrogens with one attached hydrogen (secondary N) is 1. The summed E-state index contributed by atoms with van der Waals surface area (Å²) in [6.45, 7) is 3.87. The average Bonchev–Trinajstić information content (AvgIpc) is 2.72. The molecule has 0 aliphatic heterocycles. The van der Waals surface area contributed by atoms with Gasteiger partial charge in [0, 0.05) is 4.88 Å². The molecular weight excluding hydrogens is 298 g/mol. The Hall–Kier alpha value is -1.85. The van der Waals surface area contributed by atoms with Gasteiger partial charge in [0.15, 0.2) is 0 Å². The second-order valence-corrected chi connectivity index (χ2v) is 5.97. The summed E-state index contributed by atoms with van der Waals surface area (Å²) in [4.78, 5) is 24.7. The van der Waals surface area contributed by atoms with Crippen LogP contribution in [0.1, 0.15) is 30.5 Å². The molecule has 2 N–H and O–H groups in total. The number of hydrogen-bond donors (Lipinski definition) is 2. The molecule has 1 aromatic carbocycles. The lowest BCUT2D eigenvalue weighted by molar-refractivity contribution is 0.0696. The highest BCUT2D eigenvalue weighted by molar-refractivity contribution is 7.14. The van der Waals surface area contributed by atoms with Crippen LogP contribution in [0.4, 0.5) is 5.69 Å². The summed E-state index contributed by atoms with van der Waals surface area (Å²) >= 11 is 7.35. The first-order valence-electron chi connectivity index (χ1n) is 5.79. The molecule has 0 aliphatic rings. The Balaban J connectivity index is 2.27. The van der Waals surface area contributed by atoms with Gasteiger partial charge < -0.3 is 10.4 Å². The summed E-state index contributed by atoms with van der Waals surface area (Å²) in [7, 11) is 0. The normalized spacial score (nSPS) is 10.3. The minimum atomic E-state index is -1.07. The maximum absolute atomic E-state index is 12.1. The van der Waals surface area contributed by atoms with E-state index < -0.39 is 5.97 Å². The topological polar surface area (TPSA) is 66.4 Å². The van der Waals surface area contributed by atoms with Crippen molar-refractivity contribution in [2.24, 2.45) is 0 Å². The number of benzene rings is 1. The van der Waals surface area contributed by atoms with Crippen LogP contribution in [0.25, 0.3) is 0 Å². The van der Waals surface area contributed by atoms with Crippen molar-refractivity contribution in [3.05, 3.63) is 50.2 Å². The summed E-state index contributed by atoms with van der Waals surface area (Å²) < 4.78 is 0. The molecule has 1 aromatic heterocycles. The van der Waals surface area contributed by atoms with Crippen molar-refractivity contribution in [3.63, 3.8) is 0 Å². The number of thiophene rings is 1. The molecule has 104 valence electrons. The van der Waals surface area contributed by atoms with Crippen LogP contribution in [0, 0.1) is 13.8 Å². The summed E-state index contributed by atoms with van der Waals surface area (Å²) in [6, 6.07) is 5.98. The molecule has 4 nitrogen and oxygen atoms in total. The monoisotopic (exact) mass is 309 g/mol. The van der Waals surface area contributed by atoms with Gasteiger partial charge in [-0.15, -0.1) is 11.3 Å². The van der Waals surface area contributed by atoms with E-state index in [1.54, 1.807) is 6.07 Å². The van der Waals surface area contributed by atoms with Crippen molar-refractivity contribution in [3.8, 4) is 0 Å². The van der Waals surface area contributed by atoms with E-state index in [0.29, 0.717) is 15.6 Å². The highest BCUT2D eigenvalue weighted by Gasteiger charge is 2.14. The maximum Gasteiger partial charge on any atom is 0.335 e. The molecule has 20 heavy (non-hydrogen) atoms. The fourth-order valence-corrected chi connectivity index (χ4v) is 2.72. The molecule has 0 spiro atoms. The Morgan fingerprint density at radius 2 is 1.95 bits per heavy atom. The number of aryl methyl sites for hydroxylation is 2. The molecule has 1 amide bonds. The van der Waals surface area contributed by atoms with Crippen molar-refractivity contribution in [2.45, 2.75) is 13.8 Å². The summed E-state index contributed by atoms with van der Waals surface area (Å²) in [5.74, 6) is -1.37. The van der Waals surface area contributed by atoms with Gasteiger partial charge in [-0.3, -0.25) is 4.79 Å². The molecule has 1 heterocycles. The standard InChI is InChI=1S/C14H12ClNO3S/c1-7-5-12(20-8(7)2)13(17)16-11-6-9(14(18)19)3-4-10(11)15/h3-6H,1-2H3,(H,16,17)(H,18,19). The Bertz CT molecular complexity index is 674. The predicted octanol–water partition coefficient (Wildman–Crippen LogP) is 3.97. The number of amides is 1. The number of rotatable bonds is 3. The zero-order chi connectivity index (χ0) is 14.9. The molecule has 0 saturated heterocycles. The number of halogens is 1. The highest BCUT2D eigenvalue weighted by atomic mass is 35.5. The van der Waals surface area contributed by atoms with E-state index in [1.165, 1.54) is 29.5 Å². The third kappa shape index (κ3) is 3.00. The lowest BCUT2D eigenvalue weighted by Crippen LogP contribution is -2.11. The molecule has 0 atom stereocenters. The van der Waals surface area contributed by atoms with Crippen LogP contribution in [-0.4, -0.2) is 17.0 Å². The summed E-state index contributed by atoms with van der Waals surface area (Å²) in [6.07, 6.45) is 0. The van der Waals surface area contributed by atoms with Crippen LogP contribution in [0.3, 0.4) is 0 Å². The first-order chi connectivity index (χ1) is 9.38. The Morgan fingerprint density at radius 1 is 1.25 bits per heavy atom. The van der Waals surface area contributed by atoms with Gasteiger partial charge in [0.2, 0.25) is 0 Å². The number of carboxylic acid groups (broad SMARTS) is 1. The maximum atomic E-state index is 12.1. The molecule has 0 aliphatic carbocycles. The van der Waals surface area contributed by atoms with Crippen molar-refractivity contribution < 1.29 is 14.7 Å². The van der Waals surface area contributed by atoms with E-state index in [2.05, 4.69) is 5.32 Å². The zero-order valence-corrected chi connectivity index (χ0v) is 12.4. The molecule has 0 fully saturated rings. The molecule has 0 saturated carbocycles. The first kappa shape index (κ1) is 14.6. The number of hydrogen-bond acceptors (Lipinski definition) is 3. The number of anilines is 1. The van der Waals surface area contributed by atoms with Crippen LogP contribution in [0.2, 0.25) is 5.02 Å². The number of carbonyl (C=O) groups is 2. The number of carbonyl (C=O) groups excluding carboxylic acids is 1. The van der Waals surface area contributed by atoms with Crippen molar-refractivity contribution in [2.75, 3.05) is 5.32 Å². The molecule has 0 radical (unpaired) electrons. The van der Waals surface area contributed by atoms with Crippen molar-refractivity contribution in [1.29, 1.82) is 0 Å². The number of carboxylic acids is 1. The van der Waals surface area contributed by atoms with Crippen LogP contribution < -0.4 is 5.32 Å². The summed E-state index contributed by atoms with van der Waals surface area (Å²) in [5, 5.41) is 11.9. The van der Waals surface area contributed by atoms with E-state index in [-0.39, 0.29) is 11.5 Å². The minimum absolute atomic E-state index is 0.0724. The van der Waals surface area contributed by atoms with Gasteiger partial charge in [0.1, 0.15) is 0 Å². The fourth-order valence-electron chi connectivity index (χ4n) is 1.62. The third-order valence-electron chi connectivity index (χ3n) is 2.85. The third-order valence-corrected chi connectivity index (χ3v) is 4.33. The Kier molecular flexibility index (Phi) is 4.11. The predicted molar refractivity (Wildman–Crippen MR) is 80.2 cm³/mol. The van der Waals surface area contributed by atoms with Crippen molar-refractivity contribution >= 4 is 40.5 Å². The molecule has 2 rings (SSSR count). The SMILES string of the molecule is Cc1cc(C(=O)Nc2cc(C(=O)O)ccc2Cl)sc1C. The Labute approximate surface area is 125 Å².